The van der Waals surface area contributed by atoms with Gasteiger partial charge in [-0.2, -0.15) is 5.10 Å². The maximum Gasteiger partial charge on any atom is 0.158 e. The van der Waals surface area contributed by atoms with Gasteiger partial charge in [-0.05, 0) is 29.8 Å². The van der Waals surface area contributed by atoms with Gasteiger partial charge in [0, 0.05) is 10.9 Å². The Hall–Kier alpha value is -3.34. The number of fused-ring (bicyclic) bond motifs is 1. The van der Waals surface area contributed by atoms with Crippen molar-refractivity contribution in [3.05, 3.63) is 78.1 Å². The third-order valence-corrected chi connectivity index (χ3v) is 4.14. The van der Waals surface area contributed by atoms with Gasteiger partial charge in [0.25, 0.3) is 0 Å². The molecule has 0 aliphatic carbocycles. The van der Waals surface area contributed by atoms with Crippen LogP contribution in [0.5, 0.6) is 11.5 Å². The number of halogens is 1. The van der Waals surface area contributed by atoms with Crippen molar-refractivity contribution in [1.29, 1.82) is 0 Å². The zero-order chi connectivity index (χ0) is 17.4. The molecular formula is C20H15FN2O2. The molecule has 0 radical (unpaired) electrons. The van der Waals surface area contributed by atoms with Crippen LogP contribution in [0.3, 0.4) is 0 Å². The minimum absolute atomic E-state index is 0.206. The van der Waals surface area contributed by atoms with E-state index in [1.807, 2.05) is 30.3 Å². The van der Waals surface area contributed by atoms with E-state index in [4.69, 9.17) is 0 Å². The Kier molecular flexibility index (Phi) is 3.61. The molecule has 3 aromatic carbocycles. The summed E-state index contributed by atoms with van der Waals surface area (Å²) in [6.45, 7) is 0.433. The Morgan fingerprint density at radius 1 is 0.880 bits per heavy atom. The van der Waals surface area contributed by atoms with Gasteiger partial charge >= 0.3 is 0 Å². The topological polar surface area (TPSA) is 58.3 Å². The van der Waals surface area contributed by atoms with Crippen molar-refractivity contribution < 1.29 is 14.6 Å². The first-order valence-electron chi connectivity index (χ1n) is 7.85. The van der Waals surface area contributed by atoms with Crippen LogP contribution in [0.2, 0.25) is 0 Å². The molecule has 0 bridgehead atoms. The van der Waals surface area contributed by atoms with E-state index >= 15 is 0 Å². The number of hydrogen-bond acceptors (Lipinski definition) is 3. The third kappa shape index (κ3) is 2.70. The van der Waals surface area contributed by atoms with Crippen LogP contribution in [-0.4, -0.2) is 20.0 Å². The highest BCUT2D eigenvalue weighted by molar-refractivity contribution is 5.94. The molecule has 4 rings (SSSR count). The second-order valence-corrected chi connectivity index (χ2v) is 5.83. The molecule has 4 nitrogen and oxygen atoms in total. The number of rotatable bonds is 3. The summed E-state index contributed by atoms with van der Waals surface area (Å²) in [7, 11) is 0. The zero-order valence-electron chi connectivity index (χ0n) is 13.2. The third-order valence-electron chi connectivity index (χ3n) is 4.14. The highest BCUT2D eigenvalue weighted by Crippen LogP contribution is 2.34. The Labute approximate surface area is 143 Å². The van der Waals surface area contributed by atoms with Crippen LogP contribution in [0.4, 0.5) is 4.39 Å². The van der Waals surface area contributed by atoms with Crippen molar-refractivity contribution in [2.45, 2.75) is 6.54 Å². The van der Waals surface area contributed by atoms with Gasteiger partial charge in [0.15, 0.2) is 11.5 Å². The van der Waals surface area contributed by atoms with Crippen LogP contribution in [-0.2, 0) is 6.54 Å². The monoisotopic (exact) mass is 334 g/mol. The first kappa shape index (κ1) is 15.2. The molecule has 4 aromatic rings. The molecule has 124 valence electrons. The summed E-state index contributed by atoms with van der Waals surface area (Å²) in [5.41, 5.74) is 2.59. The summed E-state index contributed by atoms with van der Waals surface area (Å²) >= 11 is 0. The van der Waals surface area contributed by atoms with Crippen LogP contribution < -0.4 is 0 Å². The molecule has 0 fully saturated rings. The van der Waals surface area contributed by atoms with E-state index in [1.54, 1.807) is 22.9 Å². The molecule has 0 atom stereocenters. The summed E-state index contributed by atoms with van der Waals surface area (Å²) in [5, 5.41) is 24.5. The van der Waals surface area contributed by atoms with Gasteiger partial charge in [0.05, 0.1) is 6.54 Å². The minimum Gasteiger partial charge on any atom is -0.504 e. The number of para-hydroxylation sites is 1. The second kappa shape index (κ2) is 5.94. The summed E-state index contributed by atoms with van der Waals surface area (Å²) in [5.74, 6) is -0.794. The van der Waals surface area contributed by atoms with Gasteiger partial charge in [-0.3, -0.25) is 4.68 Å². The lowest BCUT2D eigenvalue weighted by atomic mass is 10.1. The Bertz CT molecular complexity index is 1060. The van der Waals surface area contributed by atoms with Gasteiger partial charge in [0.2, 0.25) is 0 Å². The maximum atomic E-state index is 14.5. The lowest BCUT2D eigenvalue weighted by Crippen LogP contribution is -2.02. The lowest BCUT2D eigenvalue weighted by molar-refractivity contribution is 0.404. The molecule has 0 aliphatic heterocycles. The number of aromatic nitrogens is 2. The molecular weight excluding hydrogens is 319 g/mol. The Morgan fingerprint density at radius 2 is 1.68 bits per heavy atom. The van der Waals surface area contributed by atoms with Gasteiger partial charge in [-0.15, -0.1) is 0 Å². The molecule has 2 N–H and O–H groups in total. The summed E-state index contributed by atoms with van der Waals surface area (Å²) < 4.78 is 16.1. The van der Waals surface area contributed by atoms with Crippen molar-refractivity contribution in [3.8, 4) is 22.8 Å². The number of phenolic OH excluding ortho intramolecular Hbond substituents is 2. The van der Waals surface area contributed by atoms with Crippen molar-refractivity contribution in [2.75, 3.05) is 0 Å². The highest BCUT2D eigenvalue weighted by atomic mass is 19.1. The SMILES string of the molecule is Oc1ccc(-c2nn(Cc3ccccc3)c3c(F)cccc23)cc1O. The van der Waals surface area contributed by atoms with E-state index in [9.17, 15) is 14.6 Å². The molecule has 1 heterocycles. The summed E-state index contributed by atoms with van der Waals surface area (Å²) in [6, 6.07) is 19.0. The van der Waals surface area contributed by atoms with Crippen LogP contribution in [0.25, 0.3) is 22.2 Å². The average molecular weight is 334 g/mol. The number of nitrogens with zero attached hydrogens (tertiary/aromatic N) is 2. The molecule has 0 unspecified atom stereocenters. The fraction of sp³-hybridized carbons (Fsp3) is 0.0500. The normalized spacial score (nSPS) is 11.1. The predicted molar refractivity (Wildman–Crippen MR) is 94.0 cm³/mol. The molecule has 1 aromatic heterocycles. The van der Waals surface area contributed by atoms with Crippen LogP contribution in [0.15, 0.2) is 66.7 Å². The van der Waals surface area contributed by atoms with Crippen LogP contribution >= 0.6 is 0 Å². The molecule has 0 saturated carbocycles. The number of benzene rings is 3. The van der Waals surface area contributed by atoms with Gasteiger partial charge in [-0.25, -0.2) is 4.39 Å². The molecule has 0 amide bonds. The molecule has 5 heteroatoms. The van der Waals surface area contributed by atoms with Crippen molar-refractivity contribution >= 4 is 10.9 Å². The average Bonchev–Trinajstić information content (AvgIpc) is 2.98. The fourth-order valence-electron chi connectivity index (χ4n) is 2.95. The standard InChI is InChI=1S/C20H15FN2O2/c21-16-8-4-7-15-19(14-9-10-17(24)18(25)11-14)22-23(20(15)16)12-13-5-2-1-3-6-13/h1-11,24-25H,12H2. The van der Waals surface area contributed by atoms with Crippen molar-refractivity contribution in [1.82, 2.24) is 9.78 Å². The highest BCUT2D eigenvalue weighted by Gasteiger charge is 2.16. The van der Waals surface area contributed by atoms with E-state index < -0.39 is 0 Å². The molecule has 0 aliphatic rings. The minimum atomic E-state index is -0.352. The number of phenols is 2. The van der Waals surface area contributed by atoms with Crippen LogP contribution in [0.1, 0.15) is 5.56 Å². The molecule has 25 heavy (non-hydrogen) atoms. The van der Waals surface area contributed by atoms with Crippen molar-refractivity contribution in [2.24, 2.45) is 0 Å². The lowest BCUT2D eigenvalue weighted by Gasteiger charge is -2.04. The summed E-state index contributed by atoms with van der Waals surface area (Å²) in [6.07, 6.45) is 0. The second-order valence-electron chi connectivity index (χ2n) is 5.83. The van der Waals surface area contributed by atoms with Gasteiger partial charge in [0.1, 0.15) is 17.0 Å². The number of hydrogen-bond donors (Lipinski definition) is 2. The number of aromatic hydroxyl groups is 2. The van der Waals surface area contributed by atoms with E-state index in [-0.39, 0.29) is 17.3 Å². The quantitative estimate of drug-likeness (QED) is 0.549. The Balaban J connectivity index is 1.91. The summed E-state index contributed by atoms with van der Waals surface area (Å²) in [4.78, 5) is 0. The first-order chi connectivity index (χ1) is 12.1. The van der Waals surface area contributed by atoms with Gasteiger partial charge < -0.3 is 10.2 Å². The zero-order valence-corrected chi connectivity index (χ0v) is 13.2. The molecule has 0 spiro atoms. The smallest absolute Gasteiger partial charge is 0.158 e. The van der Waals surface area contributed by atoms with Crippen LogP contribution in [0, 0.1) is 5.82 Å². The predicted octanol–water partition coefficient (Wildman–Crippen LogP) is 4.30. The largest absolute Gasteiger partial charge is 0.504 e. The first-order valence-corrected chi connectivity index (χ1v) is 7.85. The van der Waals surface area contributed by atoms with E-state index in [1.165, 1.54) is 18.2 Å². The van der Waals surface area contributed by atoms with Crippen molar-refractivity contribution in [3.63, 3.8) is 0 Å². The van der Waals surface area contributed by atoms with E-state index in [0.717, 1.165) is 5.56 Å². The van der Waals surface area contributed by atoms with E-state index in [2.05, 4.69) is 5.10 Å². The molecule has 0 saturated heterocycles. The Morgan fingerprint density at radius 3 is 2.44 bits per heavy atom. The van der Waals surface area contributed by atoms with E-state index in [0.29, 0.717) is 28.7 Å². The maximum absolute atomic E-state index is 14.5. The fourth-order valence-corrected chi connectivity index (χ4v) is 2.95. The van der Waals surface area contributed by atoms with Gasteiger partial charge in [-0.1, -0.05) is 42.5 Å².